The molecule has 1 atom stereocenters. The summed E-state index contributed by atoms with van der Waals surface area (Å²) in [7, 11) is 0. The molecule has 2 rings (SSSR count). The molecule has 0 aliphatic carbocycles. The van der Waals surface area contributed by atoms with Gasteiger partial charge in [0.25, 0.3) is 0 Å². The number of thioether (sulfide) groups is 1. The third-order valence-corrected chi connectivity index (χ3v) is 5.07. The van der Waals surface area contributed by atoms with Crippen molar-refractivity contribution in [2.45, 2.75) is 16.5 Å². The van der Waals surface area contributed by atoms with Crippen molar-refractivity contribution in [3.05, 3.63) is 16.5 Å². The molecule has 15 heavy (non-hydrogen) atoms. The fraction of sp³-hybridized carbons (Fsp3) is 0.600. The van der Waals surface area contributed by atoms with Crippen molar-refractivity contribution in [3.8, 4) is 0 Å². The van der Waals surface area contributed by atoms with Crippen LogP contribution < -0.4 is 5.32 Å². The molecule has 0 saturated carbocycles. The minimum Gasteiger partial charge on any atom is -0.314 e. The molecule has 84 valence electrons. The maximum Gasteiger partial charge on any atom is 0.0940 e. The standard InChI is InChI=1S/C10H15ClN2S2/c1-8(13-6-4-12-5-7-13)14-10-3-2-9(11)15-10/h2-3,8,12H,4-7H2,1H3. The zero-order chi connectivity index (χ0) is 10.7. The number of hydrogen-bond acceptors (Lipinski definition) is 4. The molecule has 1 aromatic heterocycles. The van der Waals surface area contributed by atoms with E-state index in [0.717, 1.165) is 30.5 Å². The lowest BCUT2D eigenvalue weighted by Crippen LogP contribution is -2.46. The molecular weight excluding hydrogens is 248 g/mol. The molecule has 0 bridgehead atoms. The second-order valence-corrected chi connectivity index (χ2v) is 6.89. The SMILES string of the molecule is CC(Sc1ccc(Cl)s1)N1CCNCC1. The van der Waals surface area contributed by atoms with Crippen molar-refractivity contribution in [3.63, 3.8) is 0 Å². The van der Waals surface area contributed by atoms with Crippen molar-refractivity contribution in [2.24, 2.45) is 0 Å². The van der Waals surface area contributed by atoms with Gasteiger partial charge in [0.15, 0.2) is 0 Å². The van der Waals surface area contributed by atoms with E-state index in [4.69, 9.17) is 11.6 Å². The molecule has 2 nitrogen and oxygen atoms in total. The van der Waals surface area contributed by atoms with E-state index in [1.807, 2.05) is 17.8 Å². The molecule has 0 radical (unpaired) electrons. The Balaban J connectivity index is 1.88. The molecule has 0 amide bonds. The van der Waals surface area contributed by atoms with Gasteiger partial charge in [0.1, 0.15) is 0 Å². The Hall–Kier alpha value is 0.260. The number of halogens is 1. The number of piperazine rings is 1. The Bertz CT molecular complexity index is 310. The summed E-state index contributed by atoms with van der Waals surface area (Å²) < 4.78 is 2.19. The number of thiophene rings is 1. The lowest BCUT2D eigenvalue weighted by Gasteiger charge is -2.31. The van der Waals surface area contributed by atoms with Gasteiger partial charge < -0.3 is 5.32 Å². The van der Waals surface area contributed by atoms with Crippen molar-refractivity contribution >= 4 is 34.7 Å². The van der Waals surface area contributed by atoms with Gasteiger partial charge in [-0.05, 0) is 19.1 Å². The van der Waals surface area contributed by atoms with Crippen molar-refractivity contribution in [1.29, 1.82) is 0 Å². The lowest BCUT2D eigenvalue weighted by molar-refractivity contribution is 0.235. The van der Waals surface area contributed by atoms with Gasteiger partial charge in [0.05, 0.1) is 13.9 Å². The highest BCUT2D eigenvalue weighted by molar-refractivity contribution is 8.01. The molecule has 1 unspecified atom stereocenters. The predicted octanol–water partition coefficient (Wildman–Crippen LogP) is 2.74. The van der Waals surface area contributed by atoms with E-state index in [1.54, 1.807) is 11.3 Å². The first-order valence-corrected chi connectivity index (χ1v) is 7.20. The van der Waals surface area contributed by atoms with Gasteiger partial charge in [-0.1, -0.05) is 23.4 Å². The zero-order valence-corrected chi connectivity index (χ0v) is 11.1. The summed E-state index contributed by atoms with van der Waals surface area (Å²) in [4.78, 5) is 2.51. The van der Waals surface area contributed by atoms with Gasteiger partial charge in [0, 0.05) is 26.2 Å². The molecule has 1 aliphatic heterocycles. The average Bonchev–Trinajstić information content (AvgIpc) is 2.65. The molecule has 1 fully saturated rings. The van der Waals surface area contributed by atoms with Gasteiger partial charge >= 0.3 is 0 Å². The van der Waals surface area contributed by atoms with E-state index >= 15 is 0 Å². The highest BCUT2D eigenvalue weighted by Crippen LogP contribution is 2.33. The van der Waals surface area contributed by atoms with Crippen LogP contribution in [0.15, 0.2) is 16.3 Å². The zero-order valence-electron chi connectivity index (χ0n) is 8.70. The summed E-state index contributed by atoms with van der Waals surface area (Å²) in [6.45, 7) is 6.77. The van der Waals surface area contributed by atoms with E-state index in [0.29, 0.717) is 5.37 Å². The average molecular weight is 263 g/mol. The molecular formula is C10H15ClN2S2. The quantitative estimate of drug-likeness (QED) is 0.844. The number of nitrogens with one attached hydrogen (secondary N) is 1. The second-order valence-electron chi connectivity index (χ2n) is 3.56. The van der Waals surface area contributed by atoms with E-state index < -0.39 is 0 Å². The topological polar surface area (TPSA) is 15.3 Å². The van der Waals surface area contributed by atoms with E-state index in [9.17, 15) is 0 Å². The summed E-state index contributed by atoms with van der Waals surface area (Å²) in [5.74, 6) is 0. The Morgan fingerprint density at radius 1 is 1.47 bits per heavy atom. The van der Waals surface area contributed by atoms with Gasteiger partial charge in [-0.25, -0.2) is 0 Å². The van der Waals surface area contributed by atoms with Crippen LogP contribution in [-0.2, 0) is 0 Å². The first-order chi connectivity index (χ1) is 7.25. The second kappa shape index (κ2) is 5.55. The summed E-state index contributed by atoms with van der Waals surface area (Å²) >= 11 is 9.48. The Labute approximate surface area is 104 Å². The van der Waals surface area contributed by atoms with Gasteiger partial charge in [0.2, 0.25) is 0 Å². The molecule has 2 heterocycles. The summed E-state index contributed by atoms with van der Waals surface area (Å²) in [6, 6.07) is 4.08. The minimum atomic E-state index is 0.543. The van der Waals surface area contributed by atoms with Crippen LogP contribution in [-0.4, -0.2) is 36.5 Å². The molecule has 1 aromatic rings. The van der Waals surface area contributed by atoms with Gasteiger partial charge in [-0.3, -0.25) is 4.90 Å². The smallest absolute Gasteiger partial charge is 0.0940 e. The third kappa shape index (κ3) is 3.36. The van der Waals surface area contributed by atoms with Crippen LogP contribution in [0.4, 0.5) is 0 Å². The van der Waals surface area contributed by atoms with Crippen LogP contribution >= 0.6 is 34.7 Å². The monoisotopic (exact) mass is 262 g/mol. The van der Waals surface area contributed by atoms with E-state index in [1.165, 1.54) is 4.21 Å². The molecule has 0 spiro atoms. The van der Waals surface area contributed by atoms with Crippen LogP contribution in [0.1, 0.15) is 6.92 Å². The molecule has 1 aliphatic rings. The summed E-state index contributed by atoms with van der Waals surface area (Å²) in [5, 5.41) is 3.91. The Kier molecular flexibility index (Phi) is 4.34. The third-order valence-electron chi connectivity index (χ3n) is 2.50. The van der Waals surface area contributed by atoms with E-state index in [2.05, 4.69) is 23.2 Å². The normalized spacial score (nSPS) is 20.4. The molecule has 5 heteroatoms. The molecule has 1 N–H and O–H groups in total. The number of hydrogen-bond donors (Lipinski definition) is 1. The fourth-order valence-electron chi connectivity index (χ4n) is 1.65. The Morgan fingerprint density at radius 3 is 2.80 bits per heavy atom. The summed E-state index contributed by atoms with van der Waals surface area (Å²) in [6.07, 6.45) is 0. The van der Waals surface area contributed by atoms with Crippen LogP contribution in [0.3, 0.4) is 0 Å². The fourth-order valence-corrected chi connectivity index (χ4v) is 4.29. The first-order valence-electron chi connectivity index (χ1n) is 5.12. The lowest BCUT2D eigenvalue weighted by atomic mass is 10.4. The summed E-state index contributed by atoms with van der Waals surface area (Å²) in [5.41, 5.74) is 0. The maximum atomic E-state index is 5.91. The van der Waals surface area contributed by atoms with Gasteiger partial charge in [-0.15, -0.1) is 11.3 Å². The van der Waals surface area contributed by atoms with Crippen molar-refractivity contribution < 1.29 is 0 Å². The van der Waals surface area contributed by atoms with Crippen molar-refractivity contribution in [1.82, 2.24) is 10.2 Å². The predicted molar refractivity (Wildman–Crippen MR) is 69.1 cm³/mol. The largest absolute Gasteiger partial charge is 0.314 e. The minimum absolute atomic E-state index is 0.543. The first kappa shape index (κ1) is 11.7. The van der Waals surface area contributed by atoms with Crippen LogP contribution in [0.2, 0.25) is 4.34 Å². The van der Waals surface area contributed by atoms with Crippen molar-refractivity contribution in [2.75, 3.05) is 26.2 Å². The van der Waals surface area contributed by atoms with Gasteiger partial charge in [-0.2, -0.15) is 0 Å². The molecule has 1 saturated heterocycles. The number of nitrogens with zero attached hydrogens (tertiary/aromatic N) is 1. The molecule has 0 aromatic carbocycles. The number of rotatable bonds is 3. The van der Waals surface area contributed by atoms with E-state index in [-0.39, 0.29) is 0 Å². The van der Waals surface area contributed by atoms with Crippen LogP contribution in [0.5, 0.6) is 0 Å². The maximum absolute atomic E-state index is 5.91. The highest BCUT2D eigenvalue weighted by atomic mass is 35.5. The van der Waals surface area contributed by atoms with Crippen LogP contribution in [0, 0.1) is 0 Å². The van der Waals surface area contributed by atoms with Crippen LogP contribution in [0.25, 0.3) is 0 Å². The highest BCUT2D eigenvalue weighted by Gasteiger charge is 2.17. The Morgan fingerprint density at radius 2 is 2.20 bits per heavy atom.